The molecule has 14 nitrogen and oxygen atoms in total. The molecule has 328 valence electrons. The van der Waals surface area contributed by atoms with Crippen LogP contribution in [-0.2, 0) is 54.0 Å². The molecule has 2 aliphatic carbocycles. The highest BCUT2D eigenvalue weighted by molar-refractivity contribution is 5.95. The van der Waals surface area contributed by atoms with Crippen molar-refractivity contribution in [3.8, 4) is 0 Å². The molecule has 13 atom stereocenters. The second-order valence-electron chi connectivity index (χ2n) is 18.2. The van der Waals surface area contributed by atoms with Gasteiger partial charge in [0.2, 0.25) is 5.91 Å². The Morgan fingerprint density at radius 1 is 0.862 bits per heavy atom. The van der Waals surface area contributed by atoms with Gasteiger partial charge in [-0.15, -0.1) is 0 Å². The van der Waals surface area contributed by atoms with Crippen molar-refractivity contribution in [1.29, 1.82) is 0 Å². The number of hydrogen-bond acceptors (Lipinski definition) is 12. The van der Waals surface area contributed by atoms with Crippen LogP contribution < -0.4 is 0 Å². The second kappa shape index (κ2) is 19.8. The zero-order valence-corrected chi connectivity index (χ0v) is 36.6. The number of carbonyl (C=O) groups is 3. The van der Waals surface area contributed by atoms with E-state index in [4.69, 9.17) is 38.0 Å². The van der Waals surface area contributed by atoms with Gasteiger partial charge in [-0.1, -0.05) is 58.0 Å². The Hall–Kier alpha value is -2.69. The first kappa shape index (κ1) is 46.4. The molecular formula is C44H70N2O12. The number of rotatable bonds is 16. The third-order valence-corrected chi connectivity index (χ3v) is 12.5. The average Bonchev–Trinajstić information content (AvgIpc) is 4.07. The Kier molecular flexibility index (Phi) is 15.8. The summed E-state index contributed by atoms with van der Waals surface area (Å²) in [6.45, 7) is 16.0. The predicted octanol–water partition coefficient (Wildman–Crippen LogP) is 6.12. The molecule has 0 unspecified atom stereocenters. The molecule has 3 saturated heterocycles. The highest BCUT2D eigenvalue weighted by Crippen LogP contribution is 2.48. The lowest BCUT2D eigenvalue weighted by molar-refractivity contribution is -0.308. The van der Waals surface area contributed by atoms with Crippen LogP contribution >= 0.6 is 0 Å². The second-order valence-corrected chi connectivity index (χ2v) is 18.2. The lowest BCUT2D eigenvalue weighted by Crippen LogP contribution is -2.49. The van der Waals surface area contributed by atoms with Crippen molar-refractivity contribution in [3.05, 3.63) is 35.9 Å². The molecule has 0 radical (unpaired) electrons. The fourth-order valence-corrected chi connectivity index (χ4v) is 8.84. The standard InChI is InChI=1S/C27H39NO7.C17H31NO5/c1-17-11-22(17)24-14-21(34-27(3,4)35-24)13-23(33-16-31-5)18(2)25(29)28-20(15-32-26(28)30)12-19-9-7-6-8-10-19;1-10-7-13(10)15-9-12(22-17(3,4)23-15)8-14(19)11(2)16(20)18(5)21-6/h6-10,17-18,20-24H,11-16H2,1-5H3;10-15,19H,7-9H2,1-6H3/t17-,18-,20-,21+,22-,23+,24+;10-,11-,12+,13-,14+,15+/m11/s1. The number of imide groups is 1. The van der Waals surface area contributed by atoms with E-state index in [2.05, 4.69) is 13.8 Å². The number of carbonyl (C=O) groups excluding carboxylic acids is 3. The van der Waals surface area contributed by atoms with Crippen LogP contribution in [0.4, 0.5) is 4.79 Å². The first-order chi connectivity index (χ1) is 27.3. The molecule has 0 aromatic heterocycles. The first-order valence-corrected chi connectivity index (χ1v) is 21.2. The summed E-state index contributed by atoms with van der Waals surface area (Å²) in [5.41, 5.74) is 1.05. The molecule has 2 saturated carbocycles. The molecule has 3 heterocycles. The largest absolute Gasteiger partial charge is 0.447 e. The van der Waals surface area contributed by atoms with E-state index in [1.807, 2.05) is 58.0 Å². The topological polar surface area (TPSA) is 152 Å². The van der Waals surface area contributed by atoms with E-state index in [0.29, 0.717) is 42.9 Å². The molecule has 14 heteroatoms. The summed E-state index contributed by atoms with van der Waals surface area (Å²) in [5.74, 6) is -0.483. The van der Waals surface area contributed by atoms with Gasteiger partial charge in [-0.25, -0.2) is 14.8 Å². The number of cyclic esters (lactones) is 1. The van der Waals surface area contributed by atoms with Crippen molar-refractivity contribution in [3.63, 3.8) is 0 Å². The van der Waals surface area contributed by atoms with Crippen LogP contribution in [-0.4, -0.2) is 122 Å². The van der Waals surface area contributed by atoms with E-state index in [9.17, 15) is 19.5 Å². The Bertz CT molecular complexity index is 1510. The molecule has 1 aromatic rings. The van der Waals surface area contributed by atoms with Crippen molar-refractivity contribution >= 4 is 17.9 Å². The van der Waals surface area contributed by atoms with Crippen molar-refractivity contribution < 1.29 is 57.5 Å². The highest BCUT2D eigenvalue weighted by Gasteiger charge is 2.49. The summed E-state index contributed by atoms with van der Waals surface area (Å²) in [6.07, 6.45) is 3.62. The lowest BCUT2D eigenvalue weighted by atomic mass is 9.92. The molecule has 0 bridgehead atoms. The van der Waals surface area contributed by atoms with E-state index >= 15 is 0 Å². The summed E-state index contributed by atoms with van der Waals surface area (Å²) in [6, 6.07) is 9.46. The average molecular weight is 819 g/mol. The van der Waals surface area contributed by atoms with Crippen LogP contribution in [0, 0.1) is 35.5 Å². The van der Waals surface area contributed by atoms with Gasteiger partial charge < -0.3 is 38.3 Å². The molecule has 3 amide bonds. The molecule has 58 heavy (non-hydrogen) atoms. The smallest absolute Gasteiger partial charge is 0.416 e. The zero-order valence-electron chi connectivity index (χ0n) is 36.6. The van der Waals surface area contributed by atoms with Gasteiger partial charge in [-0.05, 0) is 76.2 Å². The number of hydrogen-bond donors (Lipinski definition) is 1. The van der Waals surface area contributed by atoms with E-state index < -0.39 is 41.7 Å². The van der Waals surface area contributed by atoms with Crippen LogP contribution in [0.2, 0.25) is 0 Å². The van der Waals surface area contributed by atoms with Crippen LogP contribution in [0.1, 0.15) is 99.5 Å². The lowest BCUT2D eigenvalue weighted by Gasteiger charge is -2.42. The maximum absolute atomic E-state index is 13.6. The summed E-state index contributed by atoms with van der Waals surface area (Å²) < 4.78 is 40.9. The minimum absolute atomic E-state index is 0.0515. The van der Waals surface area contributed by atoms with E-state index in [0.717, 1.165) is 23.5 Å². The Morgan fingerprint density at radius 2 is 1.40 bits per heavy atom. The Balaban J connectivity index is 0.000000242. The predicted molar refractivity (Wildman–Crippen MR) is 214 cm³/mol. The normalized spacial score (nSPS) is 33.1. The van der Waals surface area contributed by atoms with Gasteiger partial charge in [0.05, 0.1) is 61.6 Å². The van der Waals surface area contributed by atoms with E-state index in [1.165, 1.54) is 24.9 Å². The van der Waals surface area contributed by atoms with Gasteiger partial charge in [-0.2, -0.15) is 0 Å². The van der Waals surface area contributed by atoms with Crippen LogP contribution in [0.25, 0.3) is 0 Å². The number of ether oxygens (including phenoxy) is 7. The SMILES string of the molecule is COCO[C@@H](C[C@H]1C[C@@H]([C@@H]2C[C@H]2C)OC(C)(C)O1)[C@@H](C)C(=O)N1C(=O)OC[C@H]1Cc1ccccc1.CON(C)C(=O)[C@H](C)[C@@H](O)C[C@H]1C[C@@H]([C@@H]2C[C@H]2C)OC(C)(C)O1. The first-order valence-electron chi connectivity index (χ1n) is 21.2. The molecule has 1 aromatic carbocycles. The van der Waals surface area contributed by atoms with Gasteiger partial charge in [0.1, 0.15) is 13.4 Å². The minimum Gasteiger partial charge on any atom is -0.447 e. The third kappa shape index (κ3) is 12.4. The number of nitrogens with zero attached hydrogens (tertiary/aromatic N) is 2. The number of aliphatic hydroxyl groups excluding tert-OH is 1. The van der Waals surface area contributed by atoms with Crippen LogP contribution in [0.3, 0.4) is 0 Å². The monoisotopic (exact) mass is 818 g/mol. The Labute approximate surface area is 345 Å². The number of hydroxylamine groups is 2. The minimum atomic E-state index is -0.767. The molecule has 0 spiro atoms. The van der Waals surface area contributed by atoms with Crippen LogP contribution in [0.5, 0.6) is 0 Å². The van der Waals surface area contributed by atoms with Gasteiger partial charge >= 0.3 is 6.09 Å². The molecule has 5 aliphatic rings. The number of amides is 3. The highest BCUT2D eigenvalue weighted by atomic mass is 16.7. The molecule has 1 N–H and O–H groups in total. The molecular weight excluding hydrogens is 748 g/mol. The summed E-state index contributed by atoms with van der Waals surface area (Å²) >= 11 is 0. The quantitative estimate of drug-likeness (QED) is 0.151. The number of aliphatic hydroxyl groups is 1. The van der Waals surface area contributed by atoms with Gasteiger partial charge in [-0.3, -0.25) is 14.4 Å². The van der Waals surface area contributed by atoms with Crippen molar-refractivity contribution in [2.45, 2.75) is 155 Å². The van der Waals surface area contributed by atoms with Crippen molar-refractivity contribution in [2.24, 2.45) is 35.5 Å². The molecule has 5 fully saturated rings. The van der Waals surface area contributed by atoms with E-state index in [1.54, 1.807) is 28.0 Å². The zero-order chi connectivity index (χ0) is 42.5. The summed E-state index contributed by atoms with van der Waals surface area (Å²) in [7, 11) is 4.53. The maximum Gasteiger partial charge on any atom is 0.416 e. The molecule has 6 rings (SSSR count). The fourth-order valence-electron chi connectivity index (χ4n) is 8.84. The van der Waals surface area contributed by atoms with Crippen molar-refractivity contribution in [2.75, 3.05) is 34.7 Å². The number of benzene rings is 1. The molecule has 3 aliphatic heterocycles. The van der Waals surface area contributed by atoms with Crippen LogP contribution in [0.15, 0.2) is 30.3 Å². The van der Waals surface area contributed by atoms with E-state index in [-0.39, 0.29) is 55.7 Å². The summed E-state index contributed by atoms with van der Waals surface area (Å²) in [5, 5.41) is 11.6. The van der Waals surface area contributed by atoms with Gasteiger partial charge in [0, 0.05) is 39.8 Å². The number of methoxy groups -OCH3 is 1. The maximum atomic E-state index is 13.6. The Morgan fingerprint density at radius 3 is 1.90 bits per heavy atom. The summed E-state index contributed by atoms with van der Waals surface area (Å²) in [4.78, 5) is 44.4. The fraction of sp³-hybridized carbons (Fsp3) is 0.795. The van der Waals surface area contributed by atoms with Gasteiger partial charge in [0.25, 0.3) is 5.91 Å². The van der Waals surface area contributed by atoms with Crippen molar-refractivity contribution in [1.82, 2.24) is 9.96 Å². The third-order valence-electron chi connectivity index (χ3n) is 12.5. The van der Waals surface area contributed by atoms with Gasteiger partial charge in [0.15, 0.2) is 11.6 Å².